The molecule has 1 aliphatic rings. The second kappa shape index (κ2) is 8.13. The molecule has 1 saturated heterocycles. The molecule has 1 heterocycles. The minimum atomic E-state index is -0.0604. The van der Waals surface area contributed by atoms with Crippen molar-refractivity contribution in [2.75, 3.05) is 5.75 Å². The fourth-order valence-corrected chi connectivity index (χ4v) is 2.74. The van der Waals surface area contributed by atoms with Gasteiger partial charge < -0.3 is 10.1 Å². The lowest BCUT2D eigenvalue weighted by Crippen LogP contribution is -2.19. The molecule has 3 rings (SSSR count). The Bertz CT molecular complexity index is 887. The molecule has 0 bridgehead atoms. The molecular weight excluding hydrogens is 336 g/mol. The monoisotopic (exact) mass is 350 g/mol. The summed E-state index contributed by atoms with van der Waals surface area (Å²) in [5, 5.41) is 20.0. The number of hydrogen-bond donors (Lipinski definition) is 1. The lowest BCUT2D eigenvalue weighted by atomic mass is 10.1. The van der Waals surface area contributed by atoms with Crippen LogP contribution in [0.25, 0.3) is 0 Å². The summed E-state index contributed by atoms with van der Waals surface area (Å²) in [4.78, 5) is 11.1. The van der Waals surface area contributed by atoms with Crippen molar-refractivity contribution in [2.24, 2.45) is 10.2 Å². The fraction of sp³-hybridized carbons (Fsp3) is 0.111. The van der Waals surface area contributed by atoms with Gasteiger partial charge in [-0.15, -0.1) is 5.10 Å². The van der Waals surface area contributed by atoms with Gasteiger partial charge in [0.1, 0.15) is 12.4 Å². The third kappa shape index (κ3) is 4.93. The van der Waals surface area contributed by atoms with Crippen LogP contribution >= 0.6 is 11.8 Å². The van der Waals surface area contributed by atoms with Crippen LogP contribution in [0.2, 0.25) is 0 Å². The van der Waals surface area contributed by atoms with E-state index in [-0.39, 0.29) is 5.91 Å². The number of carbonyl (C=O) groups excluding carboxylic acids is 1. The normalized spacial score (nSPS) is 15.3. The first-order valence-electron chi connectivity index (χ1n) is 7.48. The molecule has 0 radical (unpaired) electrons. The summed E-state index contributed by atoms with van der Waals surface area (Å²) in [5.74, 6) is 1.02. The molecule has 2 aromatic rings. The van der Waals surface area contributed by atoms with Crippen molar-refractivity contribution in [2.45, 2.75) is 6.61 Å². The summed E-state index contributed by atoms with van der Waals surface area (Å²) >= 11 is 1.33. The highest BCUT2D eigenvalue weighted by Crippen LogP contribution is 2.15. The first-order valence-corrected chi connectivity index (χ1v) is 8.47. The van der Waals surface area contributed by atoms with Crippen LogP contribution in [0.3, 0.4) is 0 Å². The van der Waals surface area contributed by atoms with Crippen LogP contribution in [0.5, 0.6) is 5.75 Å². The van der Waals surface area contributed by atoms with E-state index in [1.54, 1.807) is 18.3 Å². The van der Waals surface area contributed by atoms with Gasteiger partial charge in [0.2, 0.25) is 5.91 Å². The molecule has 1 aliphatic heterocycles. The molecule has 2 aromatic carbocycles. The quantitative estimate of drug-likeness (QED) is 0.663. The average molecular weight is 350 g/mol. The van der Waals surface area contributed by atoms with Crippen LogP contribution in [0, 0.1) is 11.3 Å². The van der Waals surface area contributed by atoms with Crippen molar-refractivity contribution in [3.63, 3.8) is 0 Å². The smallest absolute Gasteiger partial charge is 0.236 e. The van der Waals surface area contributed by atoms with Gasteiger partial charge in [-0.1, -0.05) is 36.0 Å². The van der Waals surface area contributed by atoms with Crippen LogP contribution in [0.1, 0.15) is 16.7 Å². The summed E-state index contributed by atoms with van der Waals surface area (Å²) < 4.78 is 5.76. The Morgan fingerprint density at radius 3 is 2.96 bits per heavy atom. The summed E-state index contributed by atoms with van der Waals surface area (Å²) in [7, 11) is 0. The van der Waals surface area contributed by atoms with Crippen molar-refractivity contribution in [3.8, 4) is 11.8 Å². The van der Waals surface area contributed by atoms with Crippen LogP contribution in [0.15, 0.2) is 58.7 Å². The van der Waals surface area contributed by atoms with Gasteiger partial charge in [-0.2, -0.15) is 10.4 Å². The SMILES string of the molecule is N#Cc1cccc(COc2cccc(C=NN=C3NC(=O)CS3)c2)c1. The molecule has 6 nitrogen and oxygen atoms in total. The topological polar surface area (TPSA) is 86.8 Å². The van der Waals surface area contributed by atoms with E-state index in [1.165, 1.54) is 11.8 Å². The van der Waals surface area contributed by atoms with Gasteiger partial charge in [0, 0.05) is 0 Å². The Labute approximate surface area is 149 Å². The maximum Gasteiger partial charge on any atom is 0.236 e. The zero-order chi connectivity index (χ0) is 17.5. The van der Waals surface area contributed by atoms with Crippen molar-refractivity contribution < 1.29 is 9.53 Å². The average Bonchev–Trinajstić information content (AvgIpc) is 3.06. The molecule has 0 aliphatic carbocycles. The van der Waals surface area contributed by atoms with Gasteiger partial charge in [0.25, 0.3) is 0 Å². The summed E-state index contributed by atoms with van der Waals surface area (Å²) in [6, 6.07) is 16.9. The van der Waals surface area contributed by atoms with E-state index in [2.05, 4.69) is 21.6 Å². The van der Waals surface area contributed by atoms with Crippen molar-refractivity contribution in [1.29, 1.82) is 5.26 Å². The van der Waals surface area contributed by atoms with Crippen LogP contribution < -0.4 is 10.1 Å². The molecule has 0 spiro atoms. The third-order valence-electron chi connectivity index (χ3n) is 3.26. The van der Waals surface area contributed by atoms with E-state index in [0.29, 0.717) is 28.8 Å². The number of thioether (sulfide) groups is 1. The van der Waals surface area contributed by atoms with Crippen LogP contribution in [-0.2, 0) is 11.4 Å². The van der Waals surface area contributed by atoms with E-state index >= 15 is 0 Å². The Hall–Kier alpha value is -3.11. The number of nitrogens with zero attached hydrogens (tertiary/aromatic N) is 3. The minimum absolute atomic E-state index is 0.0604. The predicted molar refractivity (Wildman–Crippen MR) is 97.6 cm³/mol. The number of ether oxygens (including phenoxy) is 1. The number of nitriles is 1. The molecule has 0 aromatic heterocycles. The van der Waals surface area contributed by atoms with Gasteiger partial charge in [-0.3, -0.25) is 4.79 Å². The second-order valence-electron chi connectivity index (χ2n) is 5.16. The van der Waals surface area contributed by atoms with Gasteiger partial charge >= 0.3 is 0 Å². The Balaban J connectivity index is 1.61. The number of nitrogens with one attached hydrogen (secondary N) is 1. The molecule has 0 unspecified atom stereocenters. The molecular formula is C18H14N4O2S. The molecule has 0 saturated carbocycles. The van der Waals surface area contributed by atoms with Gasteiger partial charge in [-0.25, -0.2) is 0 Å². The molecule has 1 amide bonds. The molecule has 0 atom stereocenters. The number of amides is 1. The summed E-state index contributed by atoms with van der Waals surface area (Å²) in [6.07, 6.45) is 1.60. The highest BCUT2D eigenvalue weighted by atomic mass is 32.2. The fourth-order valence-electron chi connectivity index (χ4n) is 2.11. The van der Waals surface area contributed by atoms with Gasteiger partial charge in [-0.05, 0) is 35.4 Å². The van der Waals surface area contributed by atoms with E-state index in [0.717, 1.165) is 11.1 Å². The second-order valence-corrected chi connectivity index (χ2v) is 6.12. The minimum Gasteiger partial charge on any atom is -0.489 e. The van der Waals surface area contributed by atoms with E-state index in [4.69, 9.17) is 10.00 Å². The number of rotatable bonds is 5. The number of carbonyl (C=O) groups is 1. The van der Waals surface area contributed by atoms with Gasteiger partial charge in [0.15, 0.2) is 5.17 Å². The first-order chi connectivity index (χ1) is 12.2. The lowest BCUT2D eigenvalue weighted by molar-refractivity contribution is -0.116. The van der Waals surface area contributed by atoms with Crippen molar-refractivity contribution in [3.05, 3.63) is 65.2 Å². The largest absolute Gasteiger partial charge is 0.489 e. The highest BCUT2D eigenvalue weighted by molar-refractivity contribution is 8.15. The van der Waals surface area contributed by atoms with E-state index in [1.807, 2.05) is 36.4 Å². The maximum atomic E-state index is 11.1. The zero-order valence-corrected chi connectivity index (χ0v) is 14.0. The Morgan fingerprint density at radius 2 is 2.16 bits per heavy atom. The summed E-state index contributed by atoms with van der Waals surface area (Å²) in [6.45, 7) is 0.376. The third-order valence-corrected chi connectivity index (χ3v) is 4.13. The Kier molecular flexibility index (Phi) is 5.44. The van der Waals surface area contributed by atoms with E-state index in [9.17, 15) is 4.79 Å². The van der Waals surface area contributed by atoms with Crippen LogP contribution in [0.4, 0.5) is 0 Å². The predicted octanol–water partition coefficient (Wildman–Crippen LogP) is 2.69. The molecule has 7 heteroatoms. The van der Waals surface area contributed by atoms with Crippen LogP contribution in [-0.4, -0.2) is 23.0 Å². The molecule has 1 N–H and O–H groups in total. The molecule has 124 valence electrons. The maximum absolute atomic E-state index is 11.1. The first kappa shape index (κ1) is 16.7. The number of hydrogen-bond acceptors (Lipinski definition) is 6. The Morgan fingerprint density at radius 1 is 1.28 bits per heavy atom. The number of benzene rings is 2. The molecule has 25 heavy (non-hydrogen) atoms. The van der Waals surface area contributed by atoms with E-state index < -0.39 is 0 Å². The van der Waals surface area contributed by atoms with Crippen molar-refractivity contribution in [1.82, 2.24) is 5.32 Å². The number of amidine groups is 1. The summed E-state index contributed by atoms with van der Waals surface area (Å²) in [5.41, 5.74) is 2.37. The standard InChI is InChI=1S/C18H14N4O2S/c19-9-13-3-1-5-15(7-13)11-24-16-6-2-4-14(8-16)10-20-22-18-21-17(23)12-25-18/h1-8,10H,11-12H2,(H,21,22,23). The lowest BCUT2D eigenvalue weighted by Gasteiger charge is -2.07. The molecule has 1 fully saturated rings. The van der Waals surface area contributed by atoms with Crippen molar-refractivity contribution >= 4 is 29.1 Å². The highest BCUT2D eigenvalue weighted by Gasteiger charge is 2.15. The van der Waals surface area contributed by atoms with Gasteiger partial charge in [0.05, 0.1) is 23.6 Å². The zero-order valence-electron chi connectivity index (χ0n) is 13.2.